The summed E-state index contributed by atoms with van der Waals surface area (Å²) in [6.07, 6.45) is 0.0295. The summed E-state index contributed by atoms with van der Waals surface area (Å²) in [5.41, 5.74) is 1.07. The highest BCUT2D eigenvalue weighted by atomic mass is 35.5. The van der Waals surface area contributed by atoms with E-state index in [0.717, 1.165) is 0 Å². The van der Waals surface area contributed by atoms with E-state index in [-0.39, 0.29) is 17.7 Å². The third kappa shape index (κ3) is 2.35. The van der Waals surface area contributed by atoms with Gasteiger partial charge in [0.05, 0.1) is 23.7 Å². The molecular formula is C10H9Cl2N3O2. The monoisotopic (exact) mass is 273 g/mol. The molecule has 0 saturated heterocycles. The van der Waals surface area contributed by atoms with Gasteiger partial charge in [-0.15, -0.1) is 10.2 Å². The molecule has 0 amide bonds. The maximum atomic E-state index is 11.5. The first kappa shape index (κ1) is 12.1. The quantitative estimate of drug-likeness (QED) is 0.804. The zero-order chi connectivity index (χ0) is 12.4. The van der Waals surface area contributed by atoms with Gasteiger partial charge in [-0.25, -0.2) is 0 Å². The van der Waals surface area contributed by atoms with Crippen molar-refractivity contribution >= 4 is 34.8 Å². The highest BCUT2D eigenvalue weighted by Crippen LogP contribution is 2.21. The van der Waals surface area contributed by atoms with Crippen LogP contribution in [-0.4, -0.2) is 27.2 Å². The molecule has 0 spiro atoms. The van der Waals surface area contributed by atoms with Crippen LogP contribution in [0.4, 0.5) is 0 Å². The predicted octanol–water partition coefficient (Wildman–Crippen LogP) is 2.14. The molecule has 0 aromatic carbocycles. The van der Waals surface area contributed by atoms with Crippen LogP contribution < -0.4 is 0 Å². The summed E-state index contributed by atoms with van der Waals surface area (Å²) in [6.45, 7) is 2.06. The molecule has 0 saturated carbocycles. The summed E-state index contributed by atoms with van der Waals surface area (Å²) >= 11 is 11.9. The summed E-state index contributed by atoms with van der Waals surface area (Å²) in [5.74, 6) is -0.369. The molecule has 2 aromatic rings. The number of nitrogens with zero attached hydrogens (tertiary/aromatic N) is 3. The number of ether oxygens (including phenoxy) is 1. The summed E-state index contributed by atoms with van der Waals surface area (Å²) in [6, 6.07) is 3.33. The van der Waals surface area contributed by atoms with E-state index < -0.39 is 0 Å². The smallest absolute Gasteiger partial charge is 0.311 e. The molecule has 0 N–H and O–H groups in total. The lowest BCUT2D eigenvalue weighted by atomic mass is 10.2. The minimum atomic E-state index is -0.369. The molecule has 0 bridgehead atoms. The summed E-state index contributed by atoms with van der Waals surface area (Å²) < 4.78 is 6.40. The van der Waals surface area contributed by atoms with Crippen LogP contribution in [0.5, 0.6) is 0 Å². The molecule has 2 aromatic heterocycles. The zero-order valence-electron chi connectivity index (χ0n) is 8.98. The van der Waals surface area contributed by atoms with Crippen molar-refractivity contribution in [2.45, 2.75) is 13.3 Å². The molecule has 2 heterocycles. The first-order valence-electron chi connectivity index (χ1n) is 4.97. The predicted molar refractivity (Wildman–Crippen MR) is 63.3 cm³/mol. The Morgan fingerprint density at radius 2 is 2.18 bits per heavy atom. The third-order valence-corrected chi connectivity index (χ3v) is 2.78. The van der Waals surface area contributed by atoms with Gasteiger partial charge in [0.2, 0.25) is 5.28 Å². The highest BCUT2D eigenvalue weighted by molar-refractivity contribution is 6.32. The molecule has 90 valence electrons. The average Bonchev–Trinajstić information content (AvgIpc) is 2.65. The standard InChI is InChI=1S/C10H9Cl2N3O2/c1-2-17-9(16)5-7-6(11)3-4-8-13-14-10(12)15(7)8/h3-4H,2,5H2,1H3. The Morgan fingerprint density at radius 1 is 1.41 bits per heavy atom. The first-order valence-corrected chi connectivity index (χ1v) is 5.72. The second-order valence-electron chi connectivity index (χ2n) is 3.27. The van der Waals surface area contributed by atoms with Gasteiger partial charge in [-0.2, -0.15) is 0 Å². The van der Waals surface area contributed by atoms with E-state index in [1.165, 1.54) is 4.40 Å². The Kier molecular flexibility index (Phi) is 3.49. The van der Waals surface area contributed by atoms with Gasteiger partial charge < -0.3 is 4.74 Å². The van der Waals surface area contributed by atoms with Gasteiger partial charge >= 0.3 is 5.97 Å². The van der Waals surface area contributed by atoms with Crippen molar-refractivity contribution in [3.05, 3.63) is 28.1 Å². The van der Waals surface area contributed by atoms with Crippen molar-refractivity contribution in [2.75, 3.05) is 6.61 Å². The highest BCUT2D eigenvalue weighted by Gasteiger charge is 2.15. The van der Waals surface area contributed by atoms with Crippen molar-refractivity contribution in [3.63, 3.8) is 0 Å². The Balaban J connectivity index is 2.47. The van der Waals surface area contributed by atoms with Crippen LogP contribution in [0.2, 0.25) is 10.3 Å². The molecule has 0 aliphatic rings. The number of hydrogen-bond donors (Lipinski definition) is 0. The SMILES string of the molecule is CCOC(=O)Cc1c(Cl)ccc2nnc(Cl)n12. The largest absolute Gasteiger partial charge is 0.466 e. The minimum Gasteiger partial charge on any atom is -0.466 e. The van der Waals surface area contributed by atoms with Crippen molar-refractivity contribution in [1.29, 1.82) is 0 Å². The molecule has 2 rings (SSSR count). The van der Waals surface area contributed by atoms with Gasteiger partial charge in [-0.1, -0.05) is 11.6 Å². The van der Waals surface area contributed by atoms with E-state index in [9.17, 15) is 4.79 Å². The van der Waals surface area contributed by atoms with Crippen LogP contribution >= 0.6 is 23.2 Å². The molecule has 0 unspecified atom stereocenters. The lowest BCUT2D eigenvalue weighted by Crippen LogP contribution is -2.11. The number of fused-ring (bicyclic) bond motifs is 1. The molecule has 0 aliphatic heterocycles. The zero-order valence-corrected chi connectivity index (χ0v) is 10.5. The first-order chi connectivity index (χ1) is 8.13. The number of hydrogen-bond acceptors (Lipinski definition) is 4. The molecule has 0 atom stereocenters. The Hall–Kier alpha value is -1.33. The lowest BCUT2D eigenvalue weighted by Gasteiger charge is -2.07. The molecule has 17 heavy (non-hydrogen) atoms. The van der Waals surface area contributed by atoms with E-state index in [0.29, 0.717) is 23.0 Å². The van der Waals surface area contributed by atoms with Gasteiger partial charge in [0, 0.05) is 0 Å². The number of esters is 1. The third-order valence-electron chi connectivity index (χ3n) is 2.19. The van der Waals surface area contributed by atoms with Gasteiger partial charge in [-0.05, 0) is 30.7 Å². The number of rotatable bonds is 3. The fourth-order valence-electron chi connectivity index (χ4n) is 1.50. The van der Waals surface area contributed by atoms with Crippen LogP contribution in [0.1, 0.15) is 12.6 Å². The molecule has 0 fully saturated rings. The second kappa shape index (κ2) is 4.89. The van der Waals surface area contributed by atoms with Crippen molar-refractivity contribution in [1.82, 2.24) is 14.6 Å². The molecule has 7 heteroatoms. The van der Waals surface area contributed by atoms with E-state index >= 15 is 0 Å². The molecule has 5 nitrogen and oxygen atoms in total. The topological polar surface area (TPSA) is 56.5 Å². The van der Waals surface area contributed by atoms with Gasteiger partial charge in [0.25, 0.3) is 0 Å². The van der Waals surface area contributed by atoms with Gasteiger partial charge in [0.15, 0.2) is 5.65 Å². The number of pyridine rings is 1. The fourth-order valence-corrected chi connectivity index (χ4v) is 1.94. The van der Waals surface area contributed by atoms with Crippen molar-refractivity contribution in [2.24, 2.45) is 0 Å². The van der Waals surface area contributed by atoms with Crippen LogP contribution in [0, 0.1) is 0 Å². The van der Waals surface area contributed by atoms with Crippen LogP contribution in [-0.2, 0) is 16.0 Å². The minimum absolute atomic E-state index is 0.0295. The maximum absolute atomic E-state index is 11.5. The fraction of sp³-hybridized carbons (Fsp3) is 0.300. The maximum Gasteiger partial charge on any atom is 0.311 e. The summed E-state index contributed by atoms with van der Waals surface area (Å²) in [7, 11) is 0. The number of carbonyl (C=O) groups is 1. The van der Waals surface area contributed by atoms with E-state index in [1.807, 2.05) is 0 Å². The van der Waals surface area contributed by atoms with Gasteiger partial charge in [0.1, 0.15) is 0 Å². The normalized spacial score (nSPS) is 10.8. The van der Waals surface area contributed by atoms with Gasteiger partial charge in [-0.3, -0.25) is 9.20 Å². The number of halogens is 2. The van der Waals surface area contributed by atoms with Crippen LogP contribution in [0.25, 0.3) is 5.65 Å². The number of carbonyl (C=O) groups excluding carboxylic acids is 1. The summed E-state index contributed by atoms with van der Waals surface area (Å²) in [5, 5.41) is 8.15. The van der Waals surface area contributed by atoms with Crippen molar-refractivity contribution in [3.8, 4) is 0 Å². The van der Waals surface area contributed by atoms with E-state index in [1.54, 1.807) is 19.1 Å². The van der Waals surface area contributed by atoms with Crippen LogP contribution in [0.15, 0.2) is 12.1 Å². The molecular weight excluding hydrogens is 265 g/mol. The Bertz CT molecular complexity index is 568. The Morgan fingerprint density at radius 3 is 2.88 bits per heavy atom. The molecule has 0 radical (unpaired) electrons. The van der Waals surface area contributed by atoms with Crippen molar-refractivity contribution < 1.29 is 9.53 Å². The van der Waals surface area contributed by atoms with Crippen LogP contribution in [0.3, 0.4) is 0 Å². The number of aromatic nitrogens is 3. The van der Waals surface area contributed by atoms with E-state index in [4.69, 9.17) is 27.9 Å². The summed E-state index contributed by atoms with van der Waals surface area (Å²) in [4.78, 5) is 11.5. The lowest BCUT2D eigenvalue weighted by molar-refractivity contribution is -0.142. The average molecular weight is 274 g/mol. The van der Waals surface area contributed by atoms with E-state index in [2.05, 4.69) is 10.2 Å². The Labute approximate surface area is 107 Å². The second-order valence-corrected chi connectivity index (χ2v) is 4.02. The molecule has 0 aliphatic carbocycles.